The molecule has 0 radical (unpaired) electrons. The summed E-state index contributed by atoms with van der Waals surface area (Å²) < 4.78 is 0. The first-order chi connectivity index (χ1) is 12.1. The number of nitrogens with one attached hydrogen (secondary N) is 1. The summed E-state index contributed by atoms with van der Waals surface area (Å²) in [6, 6.07) is 14.6. The van der Waals surface area contributed by atoms with Gasteiger partial charge in [-0.15, -0.1) is 0 Å². The molecule has 4 nitrogen and oxygen atoms in total. The molecule has 1 heterocycles. The third-order valence-electron chi connectivity index (χ3n) is 4.93. The van der Waals surface area contributed by atoms with Crippen LogP contribution in [-0.2, 0) is 11.2 Å². The summed E-state index contributed by atoms with van der Waals surface area (Å²) in [7, 11) is 0. The Hall–Kier alpha value is -2.49. The van der Waals surface area contributed by atoms with Gasteiger partial charge in [0.15, 0.2) is 0 Å². The van der Waals surface area contributed by atoms with Gasteiger partial charge >= 0.3 is 0 Å². The van der Waals surface area contributed by atoms with Crippen LogP contribution >= 0.6 is 0 Å². The van der Waals surface area contributed by atoms with Crippen LogP contribution in [0.2, 0.25) is 0 Å². The van der Waals surface area contributed by atoms with Gasteiger partial charge in [-0.25, -0.2) is 0 Å². The molecule has 1 N–H and O–H groups in total. The van der Waals surface area contributed by atoms with Crippen molar-refractivity contribution in [3.05, 3.63) is 53.6 Å². The van der Waals surface area contributed by atoms with Crippen LogP contribution in [0.4, 0.5) is 17.1 Å². The molecular formula is C21H27N3O. The number of amides is 1. The van der Waals surface area contributed by atoms with E-state index in [0.29, 0.717) is 6.54 Å². The minimum absolute atomic E-state index is 0.0374. The highest BCUT2D eigenvalue weighted by atomic mass is 16.2. The molecule has 1 aliphatic heterocycles. The smallest absolute Gasteiger partial charge is 0.243 e. The van der Waals surface area contributed by atoms with E-state index >= 15 is 0 Å². The van der Waals surface area contributed by atoms with Gasteiger partial charge in [-0.3, -0.25) is 4.79 Å². The van der Waals surface area contributed by atoms with E-state index in [9.17, 15) is 4.79 Å². The van der Waals surface area contributed by atoms with Crippen molar-refractivity contribution >= 4 is 23.0 Å². The lowest BCUT2D eigenvalue weighted by Crippen LogP contribution is -2.32. The van der Waals surface area contributed by atoms with Crippen molar-refractivity contribution in [1.82, 2.24) is 0 Å². The molecule has 0 spiro atoms. The summed E-state index contributed by atoms with van der Waals surface area (Å²) in [5.41, 5.74) is 5.71. The molecule has 2 aromatic rings. The number of carbonyl (C=O) groups is 1. The average Bonchev–Trinajstić information content (AvgIpc) is 3.01. The monoisotopic (exact) mass is 337 g/mol. The summed E-state index contributed by atoms with van der Waals surface area (Å²) in [4.78, 5) is 17.0. The summed E-state index contributed by atoms with van der Waals surface area (Å²) >= 11 is 0. The first kappa shape index (κ1) is 17.3. The zero-order chi connectivity index (χ0) is 17.8. The van der Waals surface area contributed by atoms with Gasteiger partial charge in [-0.05, 0) is 62.6 Å². The molecule has 0 aromatic heterocycles. The summed E-state index contributed by atoms with van der Waals surface area (Å²) in [6.45, 7) is 9.63. The van der Waals surface area contributed by atoms with E-state index < -0.39 is 0 Å². The number of carbonyl (C=O) groups excluding carboxylic acids is 1. The Balaban J connectivity index is 1.66. The molecule has 132 valence electrons. The number of benzene rings is 2. The Kier molecular flexibility index (Phi) is 5.27. The number of fused-ring (bicyclic) bond motifs is 1. The fourth-order valence-corrected chi connectivity index (χ4v) is 3.51. The number of hydrogen-bond acceptors (Lipinski definition) is 3. The standard InChI is InChI=1S/C21H27N3O/c1-4-23(5-2)18-10-11-19(16(3)14-18)22-21(25)15-24-13-12-17-8-6-7-9-20(17)24/h6-11,14H,4-5,12-13,15H2,1-3H3,(H,22,25). The molecule has 0 saturated carbocycles. The predicted molar refractivity (Wildman–Crippen MR) is 106 cm³/mol. The van der Waals surface area contributed by atoms with Gasteiger partial charge in [0.2, 0.25) is 5.91 Å². The van der Waals surface area contributed by atoms with Gasteiger partial charge in [-0.1, -0.05) is 18.2 Å². The van der Waals surface area contributed by atoms with Crippen LogP contribution in [0.1, 0.15) is 25.0 Å². The topological polar surface area (TPSA) is 35.6 Å². The molecular weight excluding hydrogens is 310 g/mol. The molecule has 2 aromatic carbocycles. The first-order valence-electron chi connectivity index (χ1n) is 9.10. The van der Waals surface area contributed by atoms with Crippen LogP contribution < -0.4 is 15.1 Å². The number of aryl methyl sites for hydroxylation is 1. The SMILES string of the molecule is CCN(CC)c1ccc(NC(=O)CN2CCc3ccccc32)c(C)c1. The number of anilines is 3. The molecule has 0 atom stereocenters. The third kappa shape index (κ3) is 3.78. The lowest BCUT2D eigenvalue weighted by atomic mass is 10.1. The molecule has 0 bridgehead atoms. The van der Waals surface area contributed by atoms with Crippen molar-refractivity contribution in [2.24, 2.45) is 0 Å². The Morgan fingerprint density at radius 3 is 2.64 bits per heavy atom. The Morgan fingerprint density at radius 2 is 1.92 bits per heavy atom. The van der Waals surface area contributed by atoms with Crippen molar-refractivity contribution in [1.29, 1.82) is 0 Å². The summed E-state index contributed by atoms with van der Waals surface area (Å²) in [5.74, 6) is 0.0374. The van der Waals surface area contributed by atoms with Gasteiger partial charge in [0, 0.05) is 36.7 Å². The second-order valence-corrected chi connectivity index (χ2v) is 6.52. The zero-order valence-corrected chi connectivity index (χ0v) is 15.4. The van der Waals surface area contributed by atoms with E-state index in [-0.39, 0.29) is 5.91 Å². The minimum Gasteiger partial charge on any atom is -0.372 e. The number of para-hydroxylation sites is 1. The van der Waals surface area contributed by atoms with Gasteiger partial charge in [-0.2, -0.15) is 0 Å². The number of hydrogen-bond donors (Lipinski definition) is 1. The second-order valence-electron chi connectivity index (χ2n) is 6.52. The summed E-state index contributed by atoms with van der Waals surface area (Å²) in [6.07, 6.45) is 1.01. The van der Waals surface area contributed by atoms with Crippen molar-refractivity contribution in [3.63, 3.8) is 0 Å². The molecule has 0 aliphatic carbocycles. The molecule has 4 heteroatoms. The maximum absolute atomic E-state index is 12.5. The maximum Gasteiger partial charge on any atom is 0.243 e. The van der Waals surface area contributed by atoms with Crippen molar-refractivity contribution < 1.29 is 4.79 Å². The number of nitrogens with zero attached hydrogens (tertiary/aromatic N) is 2. The van der Waals surface area contributed by atoms with Crippen LogP contribution in [0, 0.1) is 6.92 Å². The Bertz CT molecular complexity index is 753. The lowest BCUT2D eigenvalue weighted by Gasteiger charge is -2.23. The quantitative estimate of drug-likeness (QED) is 0.870. The highest BCUT2D eigenvalue weighted by Gasteiger charge is 2.20. The Morgan fingerprint density at radius 1 is 1.16 bits per heavy atom. The normalized spacial score (nSPS) is 12.8. The van der Waals surface area contributed by atoms with Gasteiger partial charge in [0.25, 0.3) is 0 Å². The lowest BCUT2D eigenvalue weighted by molar-refractivity contribution is -0.115. The van der Waals surface area contributed by atoms with Crippen LogP contribution in [0.15, 0.2) is 42.5 Å². The molecule has 0 fully saturated rings. The van der Waals surface area contributed by atoms with E-state index in [1.54, 1.807) is 0 Å². The minimum atomic E-state index is 0.0374. The van der Waals surface area contributed by atoms with E-state index in [0.717, 1.165) is 37.3 Å². The van der Waals surface area contributed by atoms with E-state index in [1.165, 1.54) is 16.9 Å². The van der Waals surface area contributed by atoms with Gasteiger partial charge < -0.3 is 15.1 Å². The highest BCUT2D eigenvalue weighted by Crippen LogP contribution is 2.27. The average molecular weight is 337 g/mol. The van der Waals surface area contributed by atoms with Crippen LogP contribution in [0.5, 0.6) is 0 Å². The predicted octanol–water partition coefficient (Wildman–Crippen LogP) is 3.84. The highest BCUT2D eigenvalue weighted by molar-refractivity contribution is 5.95. The van der Waals surface area contributed by atoms with Crippen molar-refractivity contribution in [3.8, 4) is 0 Å². The second kappa shape index (κ2) is 7.60. The zero-order valence-electron chi connectivity index (χ0n) is 15.4. The van der Waals surface area contributed by atoms with Crippen LogP contribution in [-0.4, -0.2) is 32.1 Å². The van der Waals surface area contributed by atoms with Crippen LogP contribution in [0.25, 0.3) is 0 Å². The van der Waals surface area contributed by atoms with E-state index in [4.69, 9.17) is 0 Å². The summed E-state index contributed by atoms with van der Waals surface area (Å²) in [5, 5.41) is 3.07. The van der Waals surface area contributed by atoms with Crippen molar-refractivity contribution in [2.45, 2.75) is 27.2 Å². The van der Waals surface area contributed by atoms with E-state index in [2.05, 4.69) is 59.3 Å². The molecule has 3 rings (SSSR count). The fraction of sp³-hybridized carbons (Fsp3) is 0.381. The third-order valence-corrected chi connectivity index (χ3v) is 4.93. The molecule has 1 amide bonds. The Labute approximate surface area is 150 Å². The van der Waals surface area contributed by atoms with Gasteiger partial charge in [0.1, 0.15) is 0 Å². The molecule has 1 aliphatic rings. The van der Waals surface area contributed by atoms with Crippen molar-refractivity contribution in [2.75, 3.05) is 41.3 Å². The van der Waals surface area contributed by atoms with E-state index in [1.807, 2.05) is 19.1 Å². The molecule has 0 unspecified atom stereocenters. The van der Waals surface area contributed by atoms with Gasteiger partial charge in [0.05, 0.1) is 6.54 Å². The largest absolute Gasteiger partial charge is 0.372 e. The molecule has 0 saturated heterocycles. The molecule has 25 heavy (non-hydrogen) atoms. The first-order valence-corrected chi connectivity index (χ1v) is 9.10. The number of rotatable bonds is 6. The fourth-order valence-electron chi connectivity index (χ4n) is 3.51. The van der Waals surface area contributed by atoms with Crippen LogP contribution in [0.3, 0.4) is 0 Å². The maximum atomic E-state index is 12.5.